The van der Waals surface area contributed by atoms with Crippen LogP contribution in [0.3, 0.4) is 0 Å². The van der Waals surface area contributed by atoms with Gasteiger partial charge in [-0.05, 0) is 49.2 Å². The minimum absolute atomic E-state index is 0.224. The molecule has 0 fully saturated rings. The molecule has 0 unspecified atom stereocenters. The molecule has 2 aromatic rings. The van der Waals surface area contributed by atoms with E-state index in [1.807, 2.05) is 32.0 Å². The average molecular weight is 290 g/mol. The number of anilines is 3. The molecule has 5 heteroatoms. The van der Waals surface area contributed by atoms with Crippen LogP contribution in [-0.2, 0) is 9.84 Å². The molecule has 0 aliphatic carbocycles. The topological polar surface area (TPSA) is 72.2 Å². The van der Waals surface area contributed by atoms with Crippen LogP contribution in [0, 0.1) is 13.8 Å². The highest BCUT2D eigenvalue weighted by molar-refractivity contribution is 7.90. The second-order valence-corrected chi connectivity index (χ2v) is 6.91. The summed E-state index contributed by atoms with van der Waals surface area (Å²) in [7, 11) is -3.24. The molecule has 2 rings (SSSR count). The molecule has 0 saturated carbocycles. The van der Waals surface area contributed by atoms with E-state index in [0.717, 1.165) is 11.3 Å². The zero-order valence-corrected chi connectivity index (χ0v) is 12.6. The smallest absolute Gasteiger partial charge is 0.175 e. The van der Waals surface area contributed by atoms with Crippen LogP contribution in [-0.4, -0.2) is 14.7 Å². The van der Waals surface area contributed by atoms with Crippen molar-refractivity contribution in [3.8, 4) is 0 Å². The lowest BCUT2D eigenvalue weighted by Gasteiger charge is -2.14. The predicted octanol–water partition coefficient (Wildman–Crippen LogP) is 3.03. The molecule has 20 heavy (non-hydrogen) atoms. The van der Waals surface area contributed by atoms with Crippen LogP contribution >= 0.6 is 0 Å². The molecule has 2 aromatic carbocycles. The van der Waals surface area contributed by atoms with Crippen molar-refractivity contribution >= 4 is 26.9 Å². The second-order valence-electron chi connectivity index (χ2n) is 4.89. The van der Waals surface area contributed by atoms with Crippen molar-refractivity contribution in [2.24, 2.45) is 0 Å². The van der Waals surface area contributed by atoms with Crippen molar-refractivity contribution < 1.29 is 8.42 Å². The molecule has 0 saturated heterocycles. The molecule has 0 heterocycles. The molecule has 0 aliphatic heterocycles. The number of sulfone groups is 1. The first-order chi connectivity index (χ1) is 9.29. The van der Waals surface area contributed by atoms with Crippen LogP contribution in [0.5, 0.6) is 0 Å². The number of hydrogen-bond donors (Lipinski definition) is 2. The van der Waals surface area contributed by atoms with Gasteiger partial charge < -0.3 is 11.1 Å². The van der Waals surface area contributed by atoms with Gasteiger partial charge in [-0.3, -0.25) is 0 Å². The lowest BCUT2D eigenvalue weighted by molar-refractivity contribution is 0.602. The normalized spacial score (nSPS) is 11.3. The molecule has 0 aliphatic rings. The molecular formula is C15H18N2O2S. The van der Waals surface area contributed by atoms with Gasteiger partial charge in [0.1, 0.15) is 0 Å². The van der Waals surface area contributed by atoms with Gasteiger partial charge in [0.2, 0.25) is 0 Å². The van der Waals surface area contributed by atoms with Gasteiger partial charge >= 0.3 is 0 Å². The quantitative estimate of drug-likeness (QED) is 0.852. The van der Waals surface area contributed by atoms with E-state index in [1.165, 1.54) is 17.9 Å². The van der Waals surface area contributed by atoms with Gasteiger partial charge in [0, 0.05) is 11.9 Å². The van der Waals surface area contributed by atoms with Gasteiger partial charge in [0.05, 0.1) is 16.3 Å². The summed E-state index contributed by atoms with van der Waals surface area (Å²) in [4.78, 5) is 0.224. The van der Waals surface area contributed by atoms with Crippen molar-refractivity contribution in [3.63, 3.8) is 0 Å². The monoisotopic (exact) mass is 290 g/mol. The molecule has 3 N–H and O–H groups in total. The summed E-state index contributed by atoms with van der Waals surface area (Å²) >= 11 is 0. The molecular weight excluding hydrogens is 272 g/mol. The highest BCUT2D eigenvalue weighted by atomic mass is 32.2. The third kappa shape index (κ3) is 2.93. The maximum Gasteiger partial charge on any atom is 0.175 e. The first-order valence-electron chi connectivity index (χ1n) is 6.22. The SMILES string of the molecule is Cc1cccc(Nc2ccc(S(C)(=O)=O)cc2N)c1C. The number of rotatable bonds is 3. The summed E-state index contributed by atoms with van der Waals surface area (Å²) in [5.74, 6) is 0. The van der Waals surface area contributed by atoms with Gasteiger partial charge in [-0.2, -0.15) is 0 Å². The summed E-state index contributed by atoms with van der Waals surface area (Å²) in [6.07, 6.45) is 1.17. The van der Waals surface area contributed by atoms with Crippen molar-refractivity contribution in [2.75, 3.05) is 17.3 Å². The predicted molar refractivity (Wildman–Crippen MR) is 83.2 cm³/mol. The first-order valence-corrected chi connectivity index (χ1v) is 8.11. The third-order valence-corrected chi connectivity index (χ3v) is 4.44. The van der Waals surface area contributed by atoms with E-state index >= 15 is 0 Å². The fraction of sp³-hybridized carbons (Fsp3) is 0.200. The van der Waals surface area contributed by atoms with Gasteiger partial charge in [-0.15, -0.1) is 0 Å². The van der Waals surface area contributed by atoms with Gasteiger partial charge in [0.15, 0.2) is 9.84 Å². The summed E-state index contributed by atoms with van der Waals surface area (Å²) in [5, 5.41) is 3.24. The zero-order chi connectivity index (χ0) is 14.9. The largest absolute Gasteiger partial charge is 0.397 e. The first kappa shape index (κ1) is 14.4. The molecule has 0 spiro atoms. The van der Waals surface area contributed by atoms with E-state index in [-0.39, 0.29) is 4.90 Å². The Balaban J connectivity index is 2.38. The molecule has 106 valence electrons. The second kappa shape index (κ2) is 5.17. The summed E-state index contributed by atoms with van der Waals surface area (Å²) < 4.78 is 23.0. The van der Waals surface area contributed by atoms with Crippen molar-refractivity contribution in [1.29, 1.82) is 0 Å². The lowest BCUT2D eigenvalue weighted by atomic mass is 10.1. The third-order valence-electron chi connectivity index (χ3n) is 3.33. The Labute approximate surface area is 119 Å². The number of benzene rings is 2. The van der Waals surface area contributed by atoms with Crippen LogP contribution in [0.4, 0.5) is 17.1 Å². The molecule has 0 atom stereocenters. The average Bonchev–Trinajstić information content (AvgIpc) is 2.36. The van der Waals surface area contributed by atoms with Crippen LogP contribution in [0.15, 0.2) is 41.3 Å². The minimum Gasteiger partial charge on any atom is -0.397 e. The highest BCUT2D eigenvalue weighted by Gasteiger charge is 2.10. The van der Waals surface area contributed by atoms with E-state index < -0.39 is 9.84 Å². The molecule has 0 bridgehead atoms. The van der Waals surface area contributed by atoms with Gasteiger partial charge in [-0.25, -0.2) is 8.42 Å². The summed E-state index contributed by atoms with van der Waals surface area (Å²) in [6, 6.07) is 10.7. The van der Waals surface area contributed by atoms with Gasteiger partial charge in [-0.1, -0.05) is 12.1 Å². The fourth-order valence-electron chi connectivity index (χ4n) is 1.92. The maximum absolute atomic E-state index is 11.5. The number of nitrogens with two attached hydrogens (primary N) is 1. The van der Waals surface area contributed by atoms with Crippen LogP contribution in [0.1, 0.15) is 11.1 Å². The Morgan fingerprint density at radius 1 is 1.05 bits per heavy atom. The highest BCUT2D eigenvalue weighted by Crippen LogP contribution is 2.28. The van der Waals surface area contributed by atoms with Crippen molar-refractivity contribution in [1.82, 2.24) is 0 Å². The Morgan fingerprint density at radius 3 is 2.35 bits per heavy atom. The fourth-order valence-corrected chi connectivity index (χ4v) is 2.57. The summed E-state index contributed by atoms with van der Waals surface area (Å²) in [6.45, 7) is 4.06. The van der Waals surface area contributed by atoms with E-state index in [9.17, 15) is 8.42 Å². The van der Waals surface area contributed by atoms with E-state index in [1.54, 1.807) is 12.1 Å². The standard InChI is InChI=1S/C15H18N2O2S/c1-10-5-4-6-14(11(10)2)17-15-8-7-12(9-13(15)16)20(3,18)19/h4-9,17H,16H2,1-3H3. The van der Waals surface area contributed by atoms with Crippen LogP contribution < -0.4 is 11.1 Å². The minimum atomic E-state index is -3.24. The Kier molecular flexibility index (Phi) is 3.72. The van der Waals surface area contributed by atoms with E-state index in [0.29, 0.717) is 11.4 Å². The van der Waals surface area contributed by atoms with Crippen molar-refractivity contribution in [3.05, 3.63) is 47.5 Å². The Bertz CT molecular complexity index is 752. The number of hydrogen-bond acceptors (Lipinski definition) is 4. The molecule has 4 nitrogen and oxygen atoms in total. The lowest BCUT2D eigenvalue weighted by Crippen LogP contribution is -2.02. The van der Waals surface area contributed by atoms with E-state index in [2.05, 4.69) is 5.32 Å². The Morgan fingerprint density at radius 2 is 1.75 bits per heavy atom. The van der Waals surface area contributed by atoms with Gasteiger partial charge in [0.25, 0.3) is 0 Å². The molecule has 0 amide bonds. The molecule has 0 aromatic heterocycles. The van der Waals surface area contributed by atoms with Crippen LogP contribution in [0.25, 0.3) is 0 Å². The van der Waals surface area contributed by atoms with Crippen molar-refractivity contribution in [2.45, 2.75) is 18.7 Å². The molecule has 0 radical (unpaired) electrons. The number of nitrogens with one attached hydrogen (secondary N) is 1. The summed E-state index contributed by atoms with van der Waals surface area (Å²) in [5.41, 5.74) is 10.3. The Hall–Kier alpha value is -2.01. The number of nitrogen functional groups attached to an aromatic ring is 1. The zero-order valence-electron chi connectivity index (χ0n) is 11.8. The van der Waals surface area contributed by atoms with Crippen LogP contribution in [0.2, 0.25) is 0 Å². The van der Waals surface area contributed by atoms with E-state index in [4.69, 9.17) is 5.73 Å². The maximum atomic E-state index is 11.5. The number of aryl methyl sites for hydroxylation is 1.